The molecule has 196 valence electrons. The number of sulfonamides is 1. The number of benzene rings is 2. The van der Waals surface area contributed by atoms with Crippen LogP contribution in [0.15, 0.2) is 53.4 Å². The summed E-state index contributed by atoms with van der Waals surface area (Å²) in [5.74, 6) is 0.635. The number of piperidine rings is 1. The van der Waals surface area contributed by atoms with Crippen molar-refractivity contribution in [1.82, 2.24) is 24.5 Å². The first kappa shape index (κ1) is 25.3. The molecule has 0 unspecified atom stereocenters. The van der Waals surface area contributed by atoms with E-state index in [0.29, 0.717) is 30.5 Å². The van der Waals surface area contributed by atoms with Crippen molar-refractivity contribution < 1.29 is 17.9 Å². The van der Waals surface area contributed by atoms with Crippen LogP contribution in [0.2, 0.25) is 0 Å². The Morgan fingerprint density at radius 1 is 1.00 bits per heavy atom. The molecule has 0 bridgehead atoms. The number of anilines is 2. The van der Waals surface area contributed by atoms with Crippen LogP contribution in [0, 0.1) is 5.92 Å². The molecule has 1 aromatic heterocycles. The highest BCUT2D eigenvalue weighted by Gasteiger charge is 2.28. The third kappa shape index (κ3) is 5.97. The Kier molecular flexibility index (Phi) is 7.49. The molecule has 0 atom stereocenters. The smallest absolute Gasteiger partial charge is 0.248 e. The van der Waals surface area contributed by atoms with Gasteiger partial charge in [-0.1, -0.05) is 6.92 Å². The van der Waals surface area contributed by atoms with Crippen molar-refractivity contribution in [2.75, 3.05) is 49.6 Å². The van der Waals surface area contributed by atoms with E-state index in [4.69, 9.17) is 4.74 Å². The van der Waals surface area contributed by atoms with E-state index >= 15 is 0 Å². The molecule has 3 aromatic rings. The number of aromatic nitrogens is 4. The highest BCUT2D eigenvalue weighted by Crippen LogP contribution is 2.24. The van der Waals surface area contributed by atoms with E-state index in [-0.39, 0.29) is 17.3 Å². The van der Waals surface area contributed by atoms with E-state index in [1.54, 1.807) is 12.1 Å². The van der Waals surface area contributed by atoms with E-state index in [1.807, 2.05) is 24.3 Å². The van der Waals surface area contributed by atoms with E-state index in [9.17, 15) is 13.2 Å². The van der Waals surface area contributed by atoms with Gasteiger partial charge in [-0.3, -0.25) is 4.79 Å². The average Bonchev–Trinajstić information content (AvgIpc) is 3.38. The van der Waals surface area contributed by atoms with Crippen molar-refractivity contribution in [2.45, 2.75) is 31.2 Å². The molecule has 1 N–H and O–H groups in total. The minimum atomic E-state index is -3.53. The molecule has 0 radical (unpaired) electrons. The molecule has 37 heavy (non-hydrogen) atoms. The quantitative estimate of drug-likeness (QED) is 0.498. The van der Waals surface area contributed by atoms with Crippen molar-refractivity contribution in [2.24, 2.45) is 5.92 Å². The number of hydrogen-bond acceptors (Lipinski definition) is 8. The molecule has 5 rings (SSSR count). The molecule has 0 spiro atoms. The summed E-state index contributed by atoms with van der Waals surface area (Å²) in [6.07, 6.45) is 1.73. The molecule has 3 heterocycles. The fourth-order valence-corrected chi connectivity index (χ4v) is 5.95. The lowest BCUT2D eigenvalue weighted by Crippen LogP contribution is -2.37. The summed E-state index contributed by atoms with van der Waals surface area (Å²) in [6, 6.07) is 14.1. The number of rotatable bonds is 7. The van der Waals surface area contributed by atoms with Gasteiger partial charge in [-0.15, -0.1) is 10.2 Å². The second kappa shape index (κ2) is 11.0. The summed E-state index contributed by atoms with van der Waals surface area (Å²) in [4.78, 5) is 16.2. The van der Waals surface area contributed by atoms with Gasteiger partial charge in [-0.2, -0.15) is 9.10 Å². The monoisotopic (exact) mass is 525 g/mol. The zero-order valence-electron chi connectivity index (χ0n) is 20.8. The van der Waals surface area contributed by atoms with E-state index in [0.717, 1.165) is 50.4 Å². The third-order valence-electron chi connectivity index (χ3n) is 6.76. The third-order valence-corrected chi connectivity index (χ3v) is 8.67. The van der Waals surface area contributed by atoms with Gasteiger partial charge in [0.25, 0.3) is 0 Å². The topological polar surface area (TPSA) is 123 Å². The predicted octanol–water partition coefficient (Wildman–Crippen LogP) is 2.24. The molecule has 11 nitrogen and oxygen atoms in total. The summed E-state index contributed by atoms with van der Waals surface area (Å²) >= 11 is 0. The van der Waals surface area contributed by atoms with Gasteiger partial charge in [0.05, 0.1) is 18.1 Å². The van der Waals surface area contributed by atoms with Crippen LogP contribution >= 0.6 is 0 Å². The Morgan fingerprint density at radius 2 is 1.68 bits per heavy atom. The minimum absolute atomic E-state index is 0.120. The van der Waals surface area contributed by atoms with Crippen molar-refractivity contribution in [3.63, 3.8) is 0 Å². The number of morpholine rings is 1. The van der Waals surface area contributed by atoms with Gasteiger partial charge in [0.2, 0.25) is 21.8 Å². The first-order valence-electron chi connectivity index (χ1n) is 12.5. The molecule has 0 aliphatic carbocycles. The lowest BCUT2D eigenvalue weighted by Gasteiger charge is -2.29. The van der Waals surface area contributed by atoms with Crippen LogP contribution < -0.4 is 10.2 Å². The normalized spacial score (nSPS) is 17.6. The zero-order valence-corrected chi connectivity index (χ0v) is 21.6. The van der Waals surface area contributed by atoms with Crippen LogP contribution in [-0.2, 0) is 26.1 Å². The summed E-state index contributed by atoms with van der Waals surface area (Å²) in [7, 11) is -3.53. The molecule has 12 heteroatoms. The molecule has 1 amide bonds. The van der Waals surface area contributed by atoms with Crippen LogP contribution in [-0.4, -0.2) is 78.2 Å². The van der Waals surface area contributed by atoms with Gasteiger partial charge in [-0.05, 0) is 72.5 Å². The van der Waals surface area contributed by atoms with Gasteiger partial charge >= 0.3 is 0 Å². The highest BCUT2D eigenvalue weighted by atomic mass is 32.2. The highest BCUT2D eigenvalue weighted by molar-refractivity contribution is 7.89. The van der Waals surface area contributed by atoms with Crippen molar-refractivity contribution in [1.29, 1.82) is 0 Å². The van der Waals surface area contributed by atoms with Crippen molar-refractivity contribution in [3.8, 4) is 11.4 Å². The Balaban J connectivity index is 1.16. The standard InChI is InChI=1S/C25H31N7O4S/c1-19-10-12-31(13-11-19)37(34,35)23-8-4-21(5-9-23)26-24(33)18-32-28-25(27-29-32)20-2-6-22(7-3-20)30-14-16-36-17-15-30/h2-9,19H,10-18H2,1H3,(H,26,33). The number of carbonyl (C=O) groups excluding carboxylic acids is 1. The summed E-state index contributed by atoms with van der Waals surface area (Å²) in [5, 5.41) is 15.1. The van der Waals surface area contributed by atoms with Crippen LogP contribution in [0.3, 0.4) is 0 Å². The maximum absolute atomic E-state index is 12.9. The second-order valence-corrected chi connectivity index (χ2v) is 11.4. The Hall–Kier alpha value is -3.35. The predicted molar refractivity (Wildman–Crippen MR) is 139 cm³/mol. The van der Waals surface area contributed by atoms with Gasteiger partial charge in [0.1, 0.15) is 6.54 Å². The van der Waals surface area contributed by atoms with Crippen LogP contribution in [0.5, 0.6) is 0 Å². The SMILES string of the molecule is CC1CCN(S(=O)(=O)c2ccc(NC(=O)Cn3nnc(-c4ccc(N5CCOCC5)cc4)n3)cc2)CC1. The zero-order chi connectivity index (χ0) is 25.8. The van der Waals surface area contributed by atoms with E-state index in [1.165, 1.54) is 21.2 Å². The number of hydrogen-bond donors (Lipinski definition) is 1. The molecule has 2 saturated heterocycles. The largest absolute Gasteiger partial charge is 0.378 e. The fraction of sp³-hybridized carbons (Fsp3) is 0.440. The number of carbonyl (C=O) groups is 1. The molecule has 2 fully saturated rings. The maximum Gasteiger partial charge on any atom is 0.248 e. The Bertz CT molecular complexity index is 1310. The Labute approximate surface area is 216 Å². The maximum atomic E-state index is 12.9. The summed E-state index contributed by atoms with van der Waals surface area (Å²) < 4.78 is 32.7. The summed E-state index contributed by atoms with van der Waals surface area (Å²) in [6.45, 7) is 6.26. The van der Waals surface area contributed by atoms with Gasteiger partial charge < -0.3 is 15.0 Å². The number of nitrogens with one attached hydrogen (secondary N) is 1. The summed E-state index contributed by atoms with van der Waals surface area (Å²) in [5.41, 5.74) is 2.42. The molecule has 2 aromatic carbocycles. The lowest BCUT2D eigenvalue weighted by molar-refractivity contribution is -0.117. The first-order valence-corrected chi connectivity index (χ1v) is 13.9. The van der Waals surface area contributed by atoms with E-state index in [2.05, 4.69) is 32.6 Å². The van der Waals surface area contributed by atoms with Crippen molar-refractivity contribution in [3.05, 3.63) is 48.5 Å². The van der Waals surface area contributed by atoms with Crippen LogP contribution in [0.25, 0.3) is 11.4 Å². The van der Waals surface area contributed by atoms with Crippen molar-refractivity contribution >= 4 is 27.3 Å². The number of nitrogens with zero attached hydrogens (tertiary/aromatic N) is 6. The van der Waals surface area contributed by atoms with Gasteiger partial charge in [-0.25, -0.2) is 8.42 Å². The Morgan fingerprint density at radius 3 is 2.35 bits per heavy atom. The fourth-order valence-electron chi connectivity index (χ4n) is 4.48. The van der Waals surface area contributed by atoms with Gasteiger partial charge in [0.15, 0.2) is 0 Å². The van der Waals surface area contributed by atoms with Gasteiger partial charge in [0, 0.05) is 43.1 Å². The molecular weight excluding hydrogens is 494 g/mol. The first-order chi connectivity index (χ1) is 17.9. The molecule has 2 aliphatic rings. The second-order valence-electron chi connectivity index (χ2n) is 9.45. The minimum Gasteiger partial charge on any atom is -0.378 e. The number of ether oxygens (including phenoxy) is 1. The van der Waals surface area contributed by atoms with Crippen LogP contribution in [0.4, 0.5) is 11.4 Å². The van der Waals surface area contributed by atoms with Crippen LogP contribution in [0.1, 0.15) is 19.8 Å². The average molecular weight is 526 g/mol. The lowest BCUT2D eigenvalue weighted by atomic mass is 10.0. The molecule has 2 aliphatic heterocycles. The number of tetrazole rings is 1. The molecule has 0 saturated carbocycles. The number of amides is 1. The van der Waals surface area contributed by atoms with E-state index < -0.39 is 10.0 Å². The molecular formula is C25H31N7O4S.